The molecule has 2 amide bonds. The molecule has 5 heteroatoms. The van der Waals surface area contributed by atoms with Gasteiger partial charge in [-0.15, -0.1) is 0 Å². The van der Waals surface area contributed by atoms with E-state index in [-0.39, 0.29) is 36.7 Å². The summed E-state index contributed by atoms with van der Waals surface area (Å²) in [5.41, 5.74) is 2.31. The summed E-state index contributed by atoms with van der Waals surface area (Å²) in [6.07, 6.45) is 4.54. The lowest BCUT2D eigenvalue weighted by Gasteiger charge is -2.57. The van der Waals surface area contributed by atoms with Crippen molar-refractivity contribution < 1.29 is 9.90 Å². The first-order valence-corrected chi connectivity index (χ1v) is 11.1. The van der Waals surface area contributed by atoms with Gasteiger partial charge in [0.25, 0.3) is 0 Å². The zero-order chi connectivity index (χ0) is 20.4. The molecule has 2 saturated heterocycles. The second kappa shape index (κ2) is 8.77. The number of urea groups is 1. The van der Waals surface area contributed by atoms with E-state index >= 15 is 0 Å². The van der Waals surface area contributed by atoms with Gasteiger partial charge < -0.3 is 15.3 Å². The molecule has 1 aliphatic carbocycles. The Morgan fingerprint density at radius 2 is 1.93 bits per heavy atom. The third-order valence-corrected chi connectivity index (χ3v) is 6.36. The van der Waals surface area contributed by atoms with Crippen LogP contribution in [0.2, 0.25) is 0 Å². The van der Waals surface area contributed by atoms with E-state index in [0.29, 0.717) is 12.5 Å². The molecule has 0 aromatic heterocycles. The Balaban J connectivity index is 1.50. The fourth-order valence-corrected chi connectivity index (χ4v) is 4.66. The molecule has 2 aliphatic heterocycles. The monoisotopic (exact) mass is 395 g/mol. The van der Waals surface area contributed by atoms with E-state index in [4.69, 9.17) is 0 Å². The van der Waals surface area contributed by atoms with Gasteiger partial charge in [0.05, 0.1) is 6.61 Å². The number of nitrogens with zero attached hydrogens (tertiary/aromatic N) is 2. The third kappa shape index (κ3) is 4.60. The minimum atomic E-state index is 0.0266. The number of rotatable bonds is 3. The summed E-state index contributed by atoms with van der Waals surface area (Å²) in [6, 6.07) is 9.10. The SMILES string of the molecule is CC(C)NC(=O)N1CCCCN2[C@H](CO)[C@H](c3ccc(C#CC4CC4)cc3)[C@@H]2C1. The summed E-state index contributed by atoms with van der Waals surface area (Å²) in [5.74, 6) is 7.44. The lowest BCUT2D eigenvalue weighted by molar-refractivity contribution is -0.0591. The predicted octanol–water partition coefficient (Wildman–Crippen LogP) is 2.79. The van der Waals surface area contributed by atoms with Crippen molar-refractivity contribution in [3.63, 3.8) is 0 Å². The fraction of sp³-hybridized carbons (Fsp3) is 0.625. The molecule has 3 atom stereocenters. The van der Waals surface area contributed by atoms with Crippen LogP contribution in [-0.2, 0) is 0 Å². The summed E-state index contributed by atoms with van der Waals surface area (Å²) < 4.78 is 0. The van der Waals surface area contributed by atoms with E-state index in [9.17, 15) is 9.90 Å². The van der Waals surface area contributed by atoms with Crippen LogP contribution < -0.4 is 5.32 Å². The molecule has 2 N–H and O–H groups in total. The van der Waals surface area contributed by atoms with Gasteiger partial charge in [0.2, 0.25) is 0 Å². The number of aliphatic hydroxyl groups is 1. The summed E-state index contributed by atoms with van der Waals surface area (Å²) in [7, 11) is 0. The number of hydrogen-bond donors (Lipinski definition) is 2. The van der Waals surface area contributed by atoms with Gasteiger partial charge in [-0.05, 0) is 63.8 Å². The van der Waals surface area contributed by atoms with Crippen molar-refractivity contribution in [2.75, 3.05) is 26.2 Å². The normalized spacial score (nSPS) is 27.2. The van der Waals surface area contributed by atoms with Crippen molar-refractivity contribution in [3.05, 3.63) is 35.4 Å². The smallest absolute Gasteiger partial charge is 0.317 e. The van der Waals surface area contributed by atoms with Crippen LogP contribution in [0.15, 0.2) is 24.3 Å². The Kier molecular flexibility index (Phi) is 6.12. The Morgan fingerprint density at radius 3 is 2.59 bits per heavy atom. The molecular formula is C24H33N3O2. The van der Waals surface area contributed by atoms with Crippen LogP contribution in [0.25, 0.3) is 0 Å². The van der Waals surface area contributed by atoms with Crippen molar-refractivity contribution >= 4 is 6.03 Å². The van der Waals surface area contributed by atoms with Crippen molar-refractivity contribution in [2.45, 2.75) is 63.6 Å². The van der Waals surface area contributed by atoms with Crippen LogP contribution in [-0.4, -0.2) is 65.3 Å². The minimum absolute atomic E-state index is 0.0266. The van der Waals surface area contributed by atoms with Crippen LogP contribution in [0.4, 0.5) is 4.79 Å². The Hall–Kier alpha value is -2.03. The van der Waals surface area contributed by atoms with Gasteiger partial charge in [-0.1, -0.05) is 24.0 Å². The maximum Gasteiger partial charge on any atom is 0.317 e. The first kappa shape index (κ1) is 20.3. The topological polar surface area (TPSA) is 55.8 Å². The van der Waals surface area contributed by atoms with Crippen LogP contribution in [0.5, 0.6) is 0 Å². The third-order valence-electron chi connectivity index (χ3n) is 6.36. The lowest BCUT2D eigenvalue weighted by atomic mass is 9.74. The van der Waals surface area contributed by atoms with E-state index in [2.05, 4.69) is 46.3 Å². The number of benzene rings is 1. The lowest BCUT2D eigenvalue weighted by Crippen LogP contribution is -2.68. The van der Waals surface area contributed by atoms with Gasteiger partial charge >= 0.3 is 6.03 Å². The second-order valence-electron chi connectivity index (χ2n) is 9.00. The zero-order valence-electron chi connectivity index (χ0n) is 17.6. The van der Waals surface area contributed by atoms with Gasteiger partial charge in [-0.3, -0.25) is 4.90 Å². The first-order valence-electron chi connectivity index (χ1n) is 11.1. The molecule has 0 bridgehead atoms. The van der Waals surface area contributed by atoms with Crippen LogP contribution in [0.1, 0.15) is 56.6 Å². The second-order valence-corrected chi connectivity index (χ2v) is 9.00. The molecule has 0 unspecified atom stereocenters. The van der Waals surface area contributed by atoms with Crippen LogP contribution >= 0.6 is 0 Å². The largest absolute Gasteiger partial charge is 0.395 e. The first-order chi connectivity index (χ1) is 14.1. The molecular weight excluding hydrogens is 362 g/mol. The van der Waals surface area contributed by atoms with Gasteiger partial charge in [-0.25, -0.2) is 4.79 Å². The van der Waals surface area contributed by atoms with E-state index < -0.39 is 0 Å². The molecule has 0 spiro atoms. The average Bonchev–Trinajstić information content (AvgIpc) is 3.50. The number of carbonyl (C=O) groups is 1. The van der Waals surface area contributed by atoms with Gasteiger partial charge in [0.1, 0.15) is 0 Å². The maximum absolute atomic E-state index is 12.7. The van der Waals surface area contributed by atoms with Crippen LogP contribution in [0, 0.1) is 17.8 Å². The molecule has 3 aliphatic rings. The number of nitrogens with one attached hydrogen (secondary N) is 1. The molecule has 156 valence electrons. The summed E-state index contributed by atoms with van der Waals surface area (Å²) >= 11 is 0. The summed E-state index contributed by atoms with van der Waals surface area (Å²) in [5, 5.41) is 13.1. The molecule has 4 rings (SSSR count). The number of amides is 2. The van der Waals surface area contributed by atoms with Crippen LogP contribution in [0.3, 0.4) is 0 Å². The number of fused-ring (bicyclic) bond motifs is 1. The van der Waals surface area contributed by atoms with E-state index in [0.717, 1.165) is 31.5 Å². The Bertz CT molecular complexity index is 776. The fourth-order valence-electron chi connectivity index (χ4n) is 4.66. The quantitative estimate of drug-likeness (QED) is 0.774. The summed E-state index contributed by atoms with van der Waals surface area (Å²) in [4.78, 5) is 17.0. The highest BCUT2D eigenvalue weighted by Gasteiger charge is 2.49. The Labute approximate surface area is 174 Å². The predicted molar refractivity (Wildman–Crippen MR) is 115 cm³/mol. The molecule has 2 heterocycles. The Morgan fingerprint density at radius 1 is 1.21 bits per heavy atom. The molecule has 1 saturated carbocycles. The zero-order valence-corrected chi connectivity index (χ0v) is 17.6. The van der Waals surface area contributed by atoms with Crippen molar-refractivity contribution in [2.24, 2.45) is 5.92 Å². The molecule has 29 heavy (non-hydrogen) atoms. The van der Waals surface area contributed by atoms with E-state index in [1.165, 1.54) is 18.4 Å². The van der Waals surface area contributed by atoms with Crippen molar-refractivity contribution in [3.8, 4) is 11.8 Å². The standard InChI is InChI=1S/C24H33N3O2/c1-17(2)25-24(29)26-13-3-4-14-27-21(15-26)23(22(27)16-28)20-11-9-19(10-12-20)8-7-18-5-6-18/h9-12,17-18,21-23,28H,3-6,13-16H2,1-2H3,(H,25,29)/t21-,22+,23+/m0/s1. The van der Waals surface area contributed by atoms with Crippen molar-refractivity contribution in [1.82, 2.24) is 15.1 Å². The molecule has 1 aromatic rings. The van der Waals surface area contributed by atoms with Gasteiger partial charge in [0, 0.05) is 48.6 Å². The number of aliphatic hydroxyl groups excluding tert-OH is 1. The number of hydrogen-bond acceptors (Lipinski definition) is 3. The molecule has 5 nitrogen and oxygen atoms in total. The van der Waals surface area contributed by atoms with Gasteiger partial charge in [0.15, 0.2) is 0 Å². The minimum Gasteiger partial charge on any atom is -0.395 e. The highest BCUT2D eigenvalue weighted by molar-refractivity contribution is 5.74. The highest BCUT2D eigenvalue weighted by Crippen LogP contribution is 2.42. The van der Waals surface area contributed by atoms with E-state index in [1.54, 1.807) is 0 Å². The molecule has 0 radical (unpaired) electrons. The maximum atomic E-state index is 12.7. The molecule has 3 fully saturated rings. The number of carbonyl (C=O) groups excluding carboxylic acids is 1. The molecule has 1 aromatic carbocycles. The van der Waals surface area contributed by atoms with Crippen molar-refractivity contribution in [1.29, 1.82) is 0 Å². The van der Waals surface area contributed by atoms with Gasteiger partial charge in [-0.2, -0.15) is 0 Å². The van der Waals surface area contributed by atoms with E-state index in [1.807, 2.05) is 18.7 Å². The average molecular weight is 396 g/mol. The summed E-state index contributed by atoms with van der Waals surface area (Å²) in [6.45, 7) is 6.66. The highest BCUT2D eigenvalue weighted by atomic mass is 16.3.